The molecule has 1 amide bonds. The summed E-state index contributed by atoms with van der Waals surface area (Å²) in [6.07, 6.45) is 0.238. The van der Waals surface area contributed by atoms with Crippen molar-refractivity contribution in [3.8, 4) is 0 Å². The highest BCUT2D eigenvalue weighted by Crippen LogP contribution is 2.37. The summed E-state index contributed by atoms with van der Waals surface area (Å²) < 4.78 is 19.0. The fraction of sp³-hybridized carbons (Fsp3) is 0.500. The third kappa shape index (κ3) is 5.70. The van der Waals surface area contributed by atoms with Crippen molar-refractivity contribution < 1.29 is 18.7 Å². The van der Waals surface area contributed by atoms with Gasteiger partial charge in [0.25, 0.3) is 0 Å². The highest BCUT2D eigenvalue weighted by Gasteiger charge is 2.26. The molecule has 0 saturated heterocycles. The van der Waals surface area contributed by atoms with Gasteiger partial charge < -0.3 is 10.1 Å². The minimum absolute atomic E-state index is 0.00820. The zero-order valence-corrected chi connectivity index (χ0v) is 15.2. The fourth-order valence-electron chi connectivity index (χ4n) is 1.77. The lowest BCUT2D eigenvalue weighted by Crippen LogP contribution is -2.25. The number of halogens is 2. The summed E-state index contributed by atoms with van der Waals surface area (Å²) in [5.41, 5.74) is 0.0510. The Kier molecular flexibility index (Phi) is 7.85. The van der Waals surface area contributed by atoms with Crippen molar-refractivity contribution in [2.75, 3.05) is 11.9 Å². The normalized spacial score (nSPS) is 12.1. The van der Waals surface area contributed by atoms with Gasteiger partial charge in [0.15, 0.2) is 0 Å². The second kappa shape index (κ2) is 9.13. The maximum atomic E-state index is 13.9. The number of carbonyl (C=O) groups is 2. The smallest absolute Gasteiger partial charge is 0.319 e. The summed E-state index contributed by atoms with van der Waals surface area (Å²) in [7, 11) is 0. The van der Waals surface area contributed by atoms with Crippen LogP contribution in [0, 0.1) is 11.7 Å². The van der Waals surface area contributed by atoms with E-state index >= 15 is 0 Å². The van der Waals surface area contributed by atoms with Crippen molar-refractivity contribution in [2.45, 2.75) is 44.3 Å². The SMILES string of the molecule is CCOC(=O)C(Sc1cc(NC(=O)CC)c(F)cc1Cl)C(C)C. The van der Waals surface area contributed by atoms with Gasteiger partial charge in [-0.15, -0.1) is 11.8 Å². The number of anilines is 1. The molecule has 0 fully saturated rings. The Bertz CT molecular complexity index is 581. The van der Waals surface area contributed by atoms with E-state index in [4.69, 9.17) is 16.3 Å². The molecule has 1 rings (SSSR count). The Labute approximate surface area is 145 Å². The Morgan fingerprint density at radius 3 is 2.52 bits per heavy atom. The van der Waals surface area contributed by atoms with Gasteiger partial charge in [0.2, 0.25) is 5.91 Å². The van der Waals surface area contributed by atoms with E-state index in [1.807, 2.05) is 13.8 Å². The van der Waals surface area contributed by atoms with Crippen LogP contribution < -0.4 is 5.32 Å². The lowest BCUT2D eigenvalue weighted by molar-refractivity contribution is -0.143. The summed E-state index contributed by atoms with van der Waals surface area (Å²) >= 11 is 7.28. The predicted octanol–water partition coefficient (Wildman–Crippen LogP) is 4.51. The van der Waals surface area contributed by atoms with E-state index in [0.29, 0.717) is 4.90 Å². The highest BCUT2D eigenvalue weighted by atomic mass is 35.5. The largest absolute Gasteiger partial charge is 0.465 e. The molecule has 0 saturated carbocycles. The van der Waals surface area contributed by atoms with E-state index in [-0.39, 0.29) is 41.5 Å². The van der Waals surface area contributed by atoms with Crippen LogP contribution >= 0.6 is 23.4 Å². The summed E-state index contributed by atoms with van der Waals surface area (Å²) in [6.45, 7) is 7.49. The quantitative estimate of drug-likeness (QED) is 0.573. The Balaban J connectivity index is 3.08. The molecule has 0 heterocycles. The molecule has 0 spiro atoms. The number of carbonyl (C=O) groups excluding carboxylic acids is 2. The third-order valence-corrected chi connectivity index (χ3v) is 5.00. The number of esters is 1. The molecule has 1 unspecified atom stereocenters. The van der Waals surface area contributed by atoms with Crippen LogP contribution in [-0.4, -0.2) is 23.7 Å². The maximum absolute atomic E-state index is 13.9. The van der Waals surface area contributed by atoms with Gasteiger partial charge in [-0.1, -0.05) is 32.4 Å². The maximum Gasteiger partial charge on any atom is 0.319 e. The number of hydrogen-bond acceptors (Lipinski definition) is 4. The summed E-state index contributed by atoms with van der Waals surface area (Å²) in [6, 6.07) is 2.59. The topological polar surface area (TPSA) is 55.4 Å². The lowest BCUT2D eigenvalue weighted by atomic mass is 10.1. The Morgan fingerprint density at radius 1 is 1.35 bits per heavy atom. The van der Waals surface area contributed by atoms with E-state index in [2.05, 4.69) is 5.32 Å². The molecule has 1 aromatic rings. The van der Waals surface area contributed by atoms with Gasteiger partial charge >= 0.3 is 5.97 Å². The molecular formula is C16H21ClFNO3S. The van der Waals surface area contributed by atoms with Crippen molar-refractivity contribution in [1.29, 1.82) is 0 Å². The van der Waals surface area contributed by atoms with Crippen LogP contribution in [0.3, 0.4) is 0 Å². The van der Waals surface area contributed by atoms with Gasteiger partial charge in [-0.3, -0.25) is 9.59 Å². The van der Waals surface area contributed by atoms with Gasteiger partial charge in [0, 0.05) is 11.3 Å². The van der Waals surface area contributed by atoms with Gasteiger partial charge in [-0.05, 0) is 25.0 Å². The molecule has 7 heteroatoms. The second-order valence-corrected chi connectivity index (χ2v) is 6.79. The molecule has 4 nitrogen and oxygen atoms in total. The molecular weight excluding hydrogens is 341 g/mol. The van der Waals surface area contributed by atoms with Crippen LogP contribution in [0.25, 0.3) is 0 Å². The molecule has 1 aromatic carbocycles. The molecule has 0 aliphatic rings. The number of thioether (sulfide) groups is 1. The molecule has 0 bridgehead atoms. The summed E-state index contributed by atoms with van der Waals surface area (Å²) in [5.74, 6) is -1.24. The minimum Gasteiger partial charge on any atom is -0.465 e. The zero-order valence-electron chi connectivity index (χ0n) is 13.6. The van der Waals surface area contributed by atoms with Crippen LogP contribution in [0.15, 0.2) is 17.0 Å². The minimum atomic E-state index is -0.613. The highest BCUT2D eigenvalue weighted by molar-refractivity contribution is 8.00. The van der Waals surface area contributed by atoms with Crippen LogP contribution in [0.1, 0.15) is 34.1 Å². The average Bonchev–Trinajstić information content (AvgIpc) is 2.48. The Morgan fingerprint density at radius 2 is 2.00 bits per heavy atom. The molecule has 1 N–H and O–H groups in total. The Hall–Kier alpha value is -1.27. The van der Waals surface area contributed by atoms with Gasteiger partial charge in [0.1, 0.15) is 11.1 Å². The molecule has 128 valence electrons. The number of benzene rings is 1. The first-order valence-corrected chi connectivity index (χ1v) is 8.68. The number of ether oxygens (including phenoxy) is 1. The molecule has 0 aromatic heterocycles. The van der Waals surface area contributed by atoms with Crippen molar-refractivity contribution in [3.05, 3.63) is 23.0 Å². The molecule has 1 atom stereocenters. The first-order valence-electron chi connectivity index (χ1n) is 7.42. The monoisotopic (exact) mass is 361 g/mol. The predicted molar refractivity (Wildman–Crippen MR) is 91.4 cm³/mol. The van der Waals surface area contributed by atoms with Crippen LogP contribution in [0.5, 0.6) is 0 Å². The molecule has 0 aliphatic carbocycles. The van der Waals surface area contributed by atoms with Gasteiger partial charge in [-0.25, -0.2) is 4.39 Å². The number of amides is 1. The lowest BCUT2D eigenvalue weighted by Gasteiger charge is -2.19. The standard InChI is InChI=1S/C16H21ClFNO3S/c1-5-14(20)19-12-8-13(10(17)7-11(12)18)23-15(9(3)4)16(21)22-6-2/h7-9,15H,5-6H2,1-4H3,(H,19,20). The van der Waals surface area contributed by atoms with Crippen LogP contribution in [0.2, 0.25) is 5.02 Å². The summed E-state index contributed by atoms with van der Waals surface area (Å²) in [4.78, 5) is 24.0. The van der Waals surface area contributed by atoms with Crippen molar-refractivity contribution in [1.82, 2.24) is 0 Å². The van der Waals surface area contributed by atoms with E-state index in [1.165, 1.54) is 17.8 Å². The fourth-order valence-corrected chi connectivity index (χ4v) is 3.12. The first-order chi connectivity index (χ1) is 10.8. The third-order valence-electron chi connectivity index (χ3n) is 3.00. The van der Waals surface area contributed by atoms with Crippen molar-refractivity contribution >= 4 is 40.9 Å². The molecule has 0 radical (unpaired) electrons. The molecule has 0 aliphatic heterocycles. The number of hydrogen-bond donors (Lipinski definition) is 1. The van der Waals surface area contributed by atoms with E-state index < -0.39 is 11.1 Å². The second-order valence-electron chi connectivity index (χ2n) is 5.20. The van der Waals surface area contributed by atoms with E-state index in [9.17, 15) is 14.0 Å². The van der Waals surface area contributed by atoms with Gasteiger partial charge in [0.05, 0.1) is 17.3 Å². The van der Waals surface area contributed by atoms with Crippen LogP contribution in [-0.2, 0) is 14.3 Å². The summed E-state index contributed by atoms with van der Waals surface area (Å²) in [5, 5.41) is 2.21. The zero-order chi connectivity index (χ0) is 17.6. The van der Waals surface area contributed by atoms with E-state index in [1.54, 1.807) is 13.8 Å². The number of rotatable bonds is 7. The van der Waals surface area contributed by atoms with Crippen LogP contribution in [0.4, 0.5) is 10.1 Å². The van der Waals surface area contributed by atoms with Crippen molar-refractivity contribution in [3.63, 3.8) is 0 Å². The molecule has 23 heavy (non-hydrogen) atoms. The van der Waals surface area contributed by atoms with Crippen molar-refractivity contribution in [2.24, 2.45) is 5.92 Å². The average molecular weight is 362 g/mol. The van der Waals surface area contributed by atoms with Gasteiger partial charge in [-0.2, -0.15) is 0 Å². The first kappa shape index (κ1) is 19.8. The van der Waals surface area contributed by atoms with E-state index in [0.717, 1.165) is 6.07 Å². The number of nitrogens with one attached hydrogen (secondary N) is 1.